The Morgan fingerprint density at radius 2 is 2.18 bits per heavy atom. The number of hydrogen-bond donors (Lipinski definition) is 2. The topological polar surface area (TPSA) is 78.9 Å². The second-order valence-electron chi connectivity index (χ2n) is 4.23. The van der Waals surface area contributed by atoms with Crippen LogP contribution in [-0.2, 0) is 14.3 Å². The minimum atomic E-state index is -0.909. The van der Waals surface area contributed by atoms with Crippen LogP contribution in [0.4, 0.5) is 0 Å². The first-order valence-electron chi connectivity index (χ1n) is 5.84. The molecule has 1 aliphatic rings. The minimum absolute atomic E-state index is 0.0970. The van der Waals surface area contributed by atoms with Gasteiger partial charge in [0.05, 0.1) is 25.8 Å². The number of carbonyl (C=O) groups excluding carboxylic acids is 1. The SMILES string of the molecule is CCCNCC(=O)N(C)C1COCC1C(=O)O. The largest absolute Gasteiger partial charge is 0.481 e. The first-order chi connectivity index (χ1) is 8.07. The summed E-state index contributed by atoms with van der Waals surface area (Å²) in [5.74, 6) is -1.62. The maximum atomic E-state index is 11.8. The third-order valence-corrected chi connectivity index (χ3v) is 2.96. The van der Waals surface area contributed by atoms with Gasteiger partial charge in [0.1, 0.15) is 5.92 Å². The number of carboxylic acid groups (broad SMARTS) is 1. The predicted octanol–water partition coefficient (Wildman–Crippen LogP) is -0.456. The molecule has 2 atom stereocenters. The molecule has 0 aromatic rings. The van der Waals surface area contributed by atoms with Crippen LogP contribution in [0.3, 0.4) is 0 Å². The molecule has 1 fully saturated rings. The minimum Gasteiger partial charge on any atom is -0.481 e. The van der Waals surface area contributed by atoms with E-state index in [1.165, 1.54) is 4.90 Å². The summed E-state index contributed by atoms with van der Waals surface area (Å²) in [5.41, 5.74) is 0. The molecule has 1 rings (SSSR count). The highest BCUT2D eigenvalue weighted by Gasteiger charge is 2.38. The molecule has 6 heteroatoms. The van der Waals surface area contributed by atoms with Crippen LogP contribution >= 0.6 is 0 Å². The van der Waals surface area contributed by atoms with Crippen molar-refractivity contribution in [3.63, 3.8) is 0 Å². The highest BCUT2D eigenvalue weighted by atomic mass is 16.5. The van der Waals surface area contributed by atoms with E-state index < -0.39 is 11.9 Å². The van der Waals surface area contributed by atoms with Gasteiger partial charge in [0.25, 0.3) is 0 Å². The normalized spacial score (nSPS) is 23.6. The van der Waals surface area contributed by atoms with Gasteiger partial charge >= 0.3 is 5.97 Å². The van der Waals surface area contributed by atoms with Crippen molar-refractivity contribution in [3.05, 3.63) is 0 Å². The molecular formula is C11H20N2O4. The summed E-state index contributed by atoms with van der Waals surface area (Å²) in [7, 11) is 1.63. The summed E-state index contributed by atoms with van der Waals surface area (Å²) < 4.78 is 5.13. The molecule has 0 spiro atoms. The molecule has 1 heterocycles. The molecular weight excluding hydrogens is 224 g/mol. The molecule has 0 saturated carbocycles. The van der Waals surface area contributed by atoms with Crippen molar-refractivity contribution in [3.8, 4) is 0 Å². The zero-order chi connectivity index (χ0) is 12.8. The number of nitrogens with zero attached hydrogens (tertiary/aromatic N) is 1. The maximum Gasteiger partial charge on any atom is 0.311 e. The second-order valence-corrected chi connectivity index (χ2v) is 4.23. The summed E-state index contributed by atoms with van der Waals surface area (Å²) in [4.78, 5) is 24.2. The number of hydrogen-bond acceptors (Lipinski definition) is 4. The quantitative estimate of drug-likeness (QED) is 0.618. The number of carboxylic acids is 1. The van der Waals surface area contributed by atoms with Crippen LogP contribution in [0.25, 0.3) is 0 Å². The lowest BCUT2D eigenvalue weighted by Crippen LogP contribution is -2.47. The fourth-order valence-electron chi connectivity index (χ4n) is 1.84. The third-order valence-electron chi connectivity index (χ3n) is 2.96. The highest BCUT2D eigenvalue weighted by Crippen LogP contribution is 2.18. The van der Waals surface area contributed by atoms with Crippen LogP contribution in [0, 0.1) is 5.92 Å². The zero-order valence-corrected chi connectivity index (χ0v) is 10.3. The summed E-state index contributed by atoms with van der Waals surface area (Å²) in [5, 5.41) is 12.0. The van der Waals surface area contributed by atoms with Crippen molar-refractivity contribution in [1.29, 1.82) is 0 Å². The van der Waals surface area contributed by atoms with E-state index in [9.17, 15) is 9.59 Å². The molecule has 1 amide bonds. The van der Waals surface area contributed by atoms with E-state index in [0.717, 1.165) is 13.0 Å². The van der Waals surface area contributed by atoms with Crippen molar-refractivity contribution in [2.24, 2.45) is 5.92 Å². The summed E-state index contributed by atoms with van der Waals surface area (Å²) in [6.07, 6.45) is 0.960. The molecule has 0 aromatic carbocycles. The summed E-state index contributed by atoms with van der Waals surface area (Å²) in [6, 6.07) is -0.358. The molecule has 2 N–H and O–H groups in total. The van der Waals surface area contributed by atoms with E-state index in [1.807, 2.05) is 6.92 Å². The van der Waals surface area contributed by atoms with E-state index in [4.69, 9.17) is 9.84 Å². The molecule has 0 aromatic heterocycles. The molecule has 1 aliphatic heterocycles. The van der Waals surface area contributed by atoms with E-state index >= 15 is 0 Å². The van der Waals surface area contributed by atoms with Gasteiger partial charge in [-0.25, -0.2) is 0 Å². The fourth-order valence-corrected chi connectivity index (χ4v) is 1.84. The highest BCUT2D eigenvalue weighted by molar-refractivity contribution is 5.80. The van der Waals surface area contributed by atoms with Crippen LogP contribution in [0.1, 0.15) is 13.3 Å². The van der Waals surface area contributed by atoms with Gasteiger partial charge in [-0.3, -0.25) is 9.59 Å². The monoisotopic (exact) mass is 244 g/mol. The molecule has 17 heavy (non-hydrogen) atoms. The Morgan fingerprint density at radius 3 is 2.76 bits per heavy atom. The van der Waals surface area contributed by atoms with Crippen LogP contribution in [0.2, 0.25) is 0 Å². The lowest BCUT2D eigenvalue weighted by Gasteiger charge is -2.26. The van der Waals surface area contributed by atoms with Crippen molar-refractivity contribution >= 4 is 11.9 Å². The summed E-state index contributed by atoms with van der Waals surface area (Å²) >= 11 is 0. The number of likely N-dealkylation sites (N-methyl/N-ethyl adjacent to an activating group) is 1. The molecule has 98 valence electrons. The Morgan fingerprint density at radius 1 is 1.47 bits per heavy atom. The number of ether oxygens (including phenoxy) is 1. The Labute approximate surface area is 101 Å². The van der Waals surface area contributed by atoms with Crippen LogP contribution in [-0.4, -0.2) is 61.3 Å². The molecule has 2 unspecified atom stereocenters. The van der Waals surface area contributed by atoms with E-state index in [2.05, 4.69) is 5.32 Å². The van der Waals surface area contributed by atoms with E-state index in [1.54, 1.807) is 7.05 Å². The Balaban J connectivity index is 2.47. The fraction of sp³-hybridized carbons (Fsp3) is 0.818. The maximum absolute atomic E-state index is 11.8. The Bertz CT molecular complexity index is 283. The van der Waals surface area contributed by atoms with Gasteiger partial charge in [-0.05, 0) is 13.0 Å². The molecule has 1 saturated heterocycles. The number of amides is 1. The van der Waals surface area contributed by atoms with Crippen molar-refractivity contribution in [2.45, 2.75) is 19.4 Å². The number of rotatable bonds is 6. The Hall–Kier alpha value is -1.14. The Kier molecular flexibility index (Phi) is 5.37. The van der Waals surface area contributed by atoms with Gasteiger partial charge in [0.2, 0.25) is 5.91 Å². The molecule has 6 nitrogen and oxygen atoms in total. The van der Waals surface area contributed by atoms with Crippen LogP contribution in [0.15, 0.2) is 0 Å². The zero-order valence-electron chi connectivity index (χ0n) is 10.3. The van der Waals surface area contributed by atoms with Gasteiger partial charge in [-0.15, -0.1) is 0 Å². The third kappa shape index (κ3) is 3.67. The van der Waals surface area contributed by atoms with Gasteiger partial charge < -0.3 is 20.1 Å². The summed E-state index contributed by atoms with van der Waals surface area (Å²) in [6.45, 7) is 3.52. The van der Waals surface area contributed by atoms with Crippen molar-refractivity contribution in [2.75, 3.05) is 33.4 Å². The molecule has 0 radical (unpaired) electrons. The lowest BCUT2D eigenvalue weighted by atomic mass is 10.0. The number of nitrogens with one attached hydrogen (secondary N) is 1. The van der Waals surface area contributed by atoms with Crippen LogP contribution in [0.5, 0.6) is 0 Å². The number of carbonyl (C=O) groups is 2. The average Bonchev–Trinajstić information content (AvgIpc) is 2.77. The van der Waals surface area contributed by atoms with E-state index in [0.29, 0.717) is 6.61 Å². The smallest absolute Gasteiger partial charge is 0.311 e. The van der Waals surface area contributed by atoms with Crippen LogP contribution < -0.4 is 5.32 Å². The van der Waals surface area contributed by atoms with Gasteiger partial charge in [0.15, 0.2) is 0 Å². The first kappa shape index (κ1) is 13.9. The van der Waals surface area contributed by atoms with E-state index in [-0.39, 0.29) is 25.1 Å². The average molecular weight is 244 g/mol. The lowest BCUT2D eigenvalue weighted by molar-refractivity contribution is -0.144. The second kappa shape index (κ2) is 6.56. The standard InChI is InChI=1S/C11H20N2O4/c1-3-4-12-5-10(14)13(2)9-7-17-6-8(9)11(15)16/h8-9,12H,3-7H2,1-2H3,(H,15,16). The van der Waals surface area contributed by atoms with Gasteiger partial charge in [-0.1, -0.05) is 6.92 Å². The van der Waals surface area contributed by atoms with Crippen molar-refractivity contribution < 1.29 is 19.4 Å². The van der Waals surface area contributed by atoms with Gasteiger partial charge in [0, 0.05) is 7.05 Å². The number of aliphatic carboxylic acids is 1. The predicted molar refractivity (Wildman–Crippen MR) is 61.7 cm³/mol. The first-order valence-corrected chi connectivity index (χ1v) is 5.84. The molecule has 0 aliphatic carbocycles. The molecule has 0 bridgehead atoms. The van der Waals surface area contributed by atoms with Gasteiger partial charge in [-0.2, -0.15) is 0 Å². The van der Waals surface area contributed by atoms with Crippen molar-refractivity contribution in [1.82, 2.24) is 10.2 Å².